The van der Waals surface area contributed by atoms with Crippen LogP contribution in [0.4, 0.5) is 4.39 Å². The fourth-order valence-electron chi connectivity index (χ4n) is 1.81. The van der Waals surface area contributed by atoms with Gasteiger partial charge in [0.15, 0.2) is 11.6 Å². The van der Waals surface area contributed by atoms with Crippen LogP contribution in [0.25, 0.3) is 0 Å². The van der Waals surface area contributed by atoms with Gasteiger partial charge in [0, 0.05) is 12.6 Å². The Morgan fingerprint density at radius 1 is 1.53 bits per heavy atom. The van der Waals surface area contributed by atoms with Crippen molar-refractivity contribution in [2.24, 2.45) is 5.92 Å². The lowest BCUT2D eigenvalue weighted by atomic mass is 10.2. The van der Waals surface area contributed by atoms with Crippen LogP contribution in [0, 0.1) is 11.7 Å². The first kappa shape index (κ1) is 12.7. The average molecular weight is 258 g/mol. The monoisotopic (exact) mass is 257 g/mol. The van der Waals surface area contributed by atoms with Crippen LogP contribution in [0.15, 0.2) is 18.2 Å². The molecule has 0 aromatic heterocycles. The van der Waals surface area contributed by atoms with Gasteiger partial charge in [-0.05, 0) is 37.8 Å². The molecule has 17 heavy (non-hydrogen) atoms. The summed E-state index contributed by atoms with van der Waals surface area (Å²) in [5.41, 5.74) is 0. The smallest absolute Gasteiger partial charge is 0.183 e. The van der Waals surface area contributed by atoms with Crippen LogP contribution < -0.4 is 10.1 Å². The molecule has 2 nitrogen and oxygen atoms in total. The Balaban J connectivity index is 1.72. The number of rotatable bonds is 6. The van der Waals surface area contributed by atoms with Gasteiger partial charge in [0.25, 0.3) is 0 Å². The zero-order chi connectivity index (χ0) is 12.3. The molecule has 0 spiro atoms. The van der Waals surface area contributed by atoms with E-state index in [2.05, 4.69) is 12.2 Å². The van der Waals surface area contributed by atoms with Gasteiger partial charge in [-0.2, -0.15) is 0 Å². The van der Waals surface area contributed by atoms with Crippen molar-refractivity contribution in [2.45, 2.75) is 25.8 Å². The number of hydrogen-bond donors (Lipinski definition) is 1. The second-order valence-corrected chi connectivity index (χ2v) is 4.89. The normalized spacial score (nSPS) is 16.9. The molecule has 4 heteroatoms. The van der Waals surface area contributed by atoms with Gasteiger partial charge in [0.2, 0.25) is 0 Å². The van der Waals surface area contributed by atoms with Crippen molar-refractivity contribution in [1.29, 1.82) is 0 Å². The van der Waals surface area contributed by atoms with E-state index in [0.717, 1.165) is 12.5 Å². The summed E-state index contributed by atoms with van der Waals surface area (Å²) in [6.45, 7) is 3.36. The summed E-state index contributed by atoms with van der Waals surface area (Å²) in [4.78, 5) is 0. The molecule has 1 aliphatic rings. The molecule has 0 aliphatic heterocycles. The van der Waals surface area contributed by atoms with Crippen molar-refractivity contribution in [3.63, 3.8) is 0 Å². The number of hydrogen-bond acceptors (Lipinski definition) is 2. The fourth-order valence-corrected chi connectivity index (χ4v) is 1.97. The lowest BCUT2D eigenvalue weighted by Gasteiger charge is -2.13. The molecule has 0 amide bonds. The topological polar surface area (TPSA) is 21.3 Å². The van der Waals surface area contributed by atoms with E-state index >= 15 is 0 Å². The lowest BCUT2D eigenvalue weighted by Crippen LogP contribution is -2.31. The highest BCUT2D eigenvalue weighted by Crippen LogP contribution is 2.32. The first-order chi connectivity index (χ1) is 8.18. The highest BCUT2D eigenvalue weighted by molar-refractivity contribution is 6.30. The minimum absolute atomic E-state index is 0.0989. The summed E-state index contributed by atoms with van der Waals surface area (Å²) >= 11 is 5.66. The van der Waals surface area contributed by atoms with Gasteiger partial charge < -0.3 is 10.1 Å². The van der Waals surface area contributed by atoms with Gasteiger partial charge in [0.1, 0.15) is 6.61 Å². The van der Waals surface area contributed by atoms with Crippen LogP contribution >= 0.6 is 11.6 Å². The molecule has 1 N–H and O–H groups in total. The summed E-state index contributed by atoms with van der Waals surface area (Å²) in [6.07, 6.45) is 2.63. The van der Waals surface area contributed by atoms with Crippen LogP contribution in [0.5, 0.6) is 5.75 Å². The molecule has 0 bridgehead atoms. The summed E-state index contributed by atoms with van der Waals surface area (Å²) in [7, 11) is 0. The van der Waals surface area contributed by atoms with Crippen molar-refractivity contribution in [3.8, 4) is 5.75 Å². The highest BCUT2D eigenvalue weighted by Gasteiger charge is 2.27. The number of halogens is 2. The minimum Gasteiger partial charge on any atom is -0.489 e. The number of nitrogens with one attached hydrogen (secondary N) is 1. The lowest BCUT2D eigenvalue weighted by molar-refractivity contribution is 0.290. The molecule has 2 rings (SSSR count). The van der Waals surface area contributed by atoms with E-state index < -0.39 is 5.82 Å². The van der Waals surface area contributed by atoms with Gasteiger partial charge in [-0.15, -0.1) is 0 Å². The molecule has 0 saturated heterocycles. The van der Waals surface area contributed by atoms with Gasteiger partial charge in [-0.3, -0.25) is 0 Å². The van der Waals surface area contributed by atoms with Crippen molar-refractivity contribution < 1.29 is 9.13 Å². The second-order valence-electron chi connectivity index (χ2n) is 4.48. The molecule has 1 atom stereocenters. The molecule has 1 fully saturated rings. The second kappa shape index (κ2) is 5.69. The Morgan fingerprint density at radius 3 is 3.00 bits per heavy atom. The molecule has 0 heterocycles. The maximum Gasteiger partial charge on any atom is 0.183 e. The van der Waals surface area contributed by atoms with E-state index in [1.165, 1.54) is 18.9 Å². The van der Waals surface area contributed by atoms with Crippen molar-refractivity contribution in [3.05, 3.63) is 29.0 Å². The summed E-state index contributed by atoms with van der Waals surface area (Å²) in [6, 6.07) is 5.31. The standard InChI is InChI=1S/C13H17ClFNO/c1-9(10-5-6-10)16-7-8-17-12-4-2-3-11(14)13(12)15/h2-4,9-10,16H,5-8H2,1H3. The molecule has 1 unspecified atom stereocenters. The maximum atomic E-state index is 13.4. The Bertz CT molecular complexity index is 382. The van der Waals surface area contributed by atoms with E-state index in [9.17, 15) is 4.39 Å². The molecule has 1 aromatic rings. The van der Waals surface area contributed by atoms with Crippen molar-refractivity contribution in [2.75, 3.05) is 13.2 Å². The molecule has 0 radical (unpaired) electrons. The number of benzene rings is 1. The van der Waals surface area contributed by atoms with E-state index in [1.807, 2.05) is 0 Å². The fraction of sp³-hybridized carbons (Fsp3) is 0.538. The summed E-state index contributed by atoms with van der Waals surface area (Å²) in [5, 5.41) is 3.47. The Kier molecular flexibility index (Phi) is 4.24. The first-order valence-corrected chi connectivity index (χ1v) is 6.36. The van der Waals surface area contributed by atoms with Crippen LogP contribution in [0.3, 0.4) is 0 Å². The predicted octanol–water partition coefficient (Wildman–Crippen LogP) is 3.25. The predicted molar refractivity (Wildman–Crippen MR) is 67.1 cm³/mol. The third-order valence-electron chi connectivity index (χ3n) is 3.07. The SMILES string of the molecule is CC(NCCOc1cccc(Cl)c1F)C1CC1. The highest BCUT2D eigenvalue weighted by atomic mass is 35.5. The maximum absolute atomic E-state index is 13.4. The zero-order valence-corrected chi connectivity index (χ0v) is 10.6. The third-order valence-corrected chi connectivity index (χ3v) is 3.36. The summed E-state index contributed by atoms with van der Waals surface area (Å²) < 4.78 is 18.8. The van der Waals surface area contributed by atoms with Gasteiger partial charge >= 0.3 is 0 Å². The third kappa shape index (κ3) is 3.58. The molecule has 1 saturated carbocycles. The van der Waals surface area contributed by atoms with Crippen LogP contribution in [0.2, 0.25) is 5.02 Å². The Morgan fingerprint density at radius 2 is 2.29 bits per heavy atom. The van der Waals surface area contributed by atoms with Crippen LogP contribution in [-0.2, 0) is 0 Å². The molecule has 94 valence electrons. The Labute approximate surface area is 106 Å². The minimum atomic E-state index is -0.482. The molecular weight excluding hydrogens is 241 g/mol. The van der Waals surface area contributed by atoms with E-state index in [1.54, 1.807) is 12.1 Å². The van der Waals surface area contributed by atoms with Gasteiger partial charge in [0.05, 0.1) is 5.02 Å². The van der Waals surface area contributed by atoms with Gasteiger partial charge in [-0.1, -0.05) is 17.7 Å². The van der Waals surface area contributed by atoms with Crippen LogP contribution in [-0.4, -0.2) is 19.2 Å². The Hall–Kier alpha value is -0.800. The zero-order valence-electron chi connectivity index (χ0n) is 9.88. The quantitative estimate of drug-likeness (QED) is 0.790. The van der Waals surface area contributed by atoms with E-state index in [4.69, 9.17) is 16.3 Å². The molecule has 1 aromatic carbocycles. The largest absolute Gasteiger partial charge is 0.489 e. The van der Waals surface area contributed by atoms with E-state index in [-0.39, 0.29) is 10.8 Å². The molecule has 1 aliphatic carbocycles. The molecular formula is C13H17ClFNO. The van der Waals surface area contributed by atoms with E-state index in [0.29, 0.717) is 12.6 Å². The van der Waals surface area contributed by atoms with Crippen LogP contribution in [0.1, 0.15) is 19.8 Å². The average Bonchev–Trinajstić information content (AvgIpc) is 3.13. The van der Waals surface area contributed by atoms with Gasteiger partial charge in [-0.25, -0.2) is 4.39 Å². The van der Waals surface area contributed by atoms with Crippen molar-refractivity contribution >= 4 is 11.6 Å². The number of ether oxygens (including phenoxy) is 1. The van der Waals surface area contributed by atoms with Crippen molar-refractivity contribution in [1.82, 2.24) is 5.32 Å². The first-order valence-electron chi connectivity index (χ1n) is 5.98. The summed E-state index contributed by atoms with van der Waals surface area (Å²) in [5.74, 6) is 0.556.